The summed E-state index contributed by atoms with van der Waals surface area (Å²) >= 11 is 0. The molecule has 0 radical (unpaired) electrons. The van der Waals surface area contributed by atoms with E-state index in [1.165, 1.54) is 18.2 Å². The van der Waals surface area contributed by atoms with E-state index in [2.05, 4.69) is 10.6 Å². The largest absolute Gasteiger partial charge is 0.348 e. The molecule has 90 valence electrons. The zero-order chi connectivity index (χ0) is 12.1. The van der Waals surface area contributed by atoms with Gasteiger partial charge in [-0.05, 0) is 36.7 Å². The zero-order valence-corrected chi connectivity index (χ0v) is 9.45. The van der Waals surface area contributed by atoms with Gasteiger partial charge in [0.2, 0.25) is 5.91 Å². The standard InChI is InChI=1S/C13H15FN2O/c14-11-4-1-10(2-5-11)3-6-13(17)16-12-7-8-15-9-12/h1-6,12,15H,7-9H2,(H,16,17). The van der Waals surface area contributed by atoms with Gasteiger partial charge in [0, 0.05) is 18.7 Å². The predicted molar refractivity (Wildman–Crippen MR) is 64.9 cm³/mol. The second-order valence-electron chi connectivity index (χ2n) is 4.08. The van der Waals surface area contributed by atoms with Gasteiger partial charge in [-0.15, -0.1) is 0 Å². The van der Waals surface area contributed by atoms with Gasteiger partial charge in [-0.25, -0.2) is 4.39 Å². The molecule has 2 N–H and O–H groups in total. The third-order valence-electron chi connectivity index (χ3n) is 2.70. The lowest BCUT2D eigenvalue weighted by Crippen LogP contribution is -2.34. The van der Waals surface area contributed by atoms with Crippen LogP contribution in [0.5, 0.6) is 0 Å². The lowest BCUT2D eigenvalue weighted by atomic mass is 10.2. The van der Waals surface area contributed by atoms with Gasteiger partial charge in [0.25, 0.3) is 0 Å². The van der Waals surface area contributed by atoms with Crippen molar-refractivity contribution in [3.63, 3.8) is 0 Å². The van der Waals surface area contributed by atoms with E-state index in [1.807, 2.05) is 0 Å². The first-order valence-corrected chi connectivity index (χ1v) is 5.69. The van der Waals surface area contributed by atoms with Crippen LogP contribution >= 0.6 is 0 Å². The average molecular weight is 234 g/mol. The summed E-state index contributed by atoms with van der Waals surface area (Å²) in [7, 11) is 0. The Labute approximate surface area is 99.7 Å². The van der Waals surface area contributed by atoms with E-state index < -0.39 is 0 Å². The van der Waals surface area contributed by atoms with Gasteiger partial charge in [0.1, 0.15) is 5.82 Å². The van der Waals surface area contributed by atoms with Crippen molar-refractivity contribution in [2.75, 3.05) is 13.1 Å². The average Bonchev–Trinajstić information content (AvgIpc) is 2.81. The molecule has 1 aliphatic heterocycles. The summed E-state index contributed by atoms with van der Waals surface area (Å²) in [6.45, 7) is 1.78. The second kappa shape index (κ2) is 5.59. The Morgan fingerprint density at radius 1 is 1.41 bits per heavy atom. The van der Waals surface area contributed by atoms with Crippen molar-refractivity contribution in [3.05, 3.63) is 41.7 Å². The topological polar surface area (TPSA) is 41.1 Å². The van der Waals surface area contributed by atoms with Gasteiger partial charge in [-0.1, -0.05) is 12.1 Å². The monoisotopic (exact) mass is 234 g/mol. The molecule has 1 aromatic carbocycles. The lowest BCUT2D eigenvalue weighted by Gasteiger charge is -2.08. The van der Waals surface area contributed by atoms with Crippen molar-refractivity contribution in [2.24, 2.45) is 0 Å². The van der Waals surface area contributed by atoms with Crippen LogP contribution in [0.15, 0.2) is 30.3 Å². The molecule has 1 amide bonds. The number of nitrogens with one attached hydrogen (secondary N) is 2. The normalized spacial score (nSPS) is 19.7. The molecule has 0 aliphatic carbocycles. The summed E-state index contributed by atoms with van der Waals surface area (Å²) in [5, 5.41) is 6.08. The number of benzene rings is 1. The molecule has 1 saturated heterocycles. The molecule has 0 spiro atoms. The minimum absolute atomic E-state index is 0.108. The number of hydrogen-bond donors (Lipinski definition) is 2. The minimum Gasteiger partial charge on any atom is -0.348 e. The van der Waals surface area contributed by atoms with E-state index in [1.54, 1.807) is 18.2 Å². The van der Waals surface area contributed by atoms with E-state index in [9.17, 15) is 9.18 Å². The Balaban J connectivity index is 1.86. The van der Waals surface area contributed by atoms with Crippen LogP contribution in [0.25, 0.3) is 6.08 Å². The Morgan fingerprint density at radius 2 is 2.18 bits per heavy atom. The smallest absolute Gasteiger partial charge is 0.244 e. The Bertz CT molecular complexity index is 408. The van der Waals surface area contributed by atoms with Gasteiger partial charge in [-0.3, -0.25) is 4.79 Å². The molecule has 1 atom stereocenters. The van der Waals surface area contributed by atoms with Crippen LogP contribution in [0.1, 0.15) is 12.0 Å². The fourth-order valence-electron chi connectivity index (χ4n) is 1.77. The van der Waals surface area contributed by atoms with Gasteiger partial charge in [0.15, 0.2) is 0 Å². The number of carbonyl (C=O) groups is 1. The number of carbonyl (C=O) groups excluding carboxylic acids is 1. The van der Waals surface area contributed by atoms with Crippen molar-refractivity contribution >= 4 is 12.0 Å². The lowest BCUT2D eigenvalue weighted by molar-refractivity contribution is -0.117. The zero-order valence-electron chi connectivity index (χ0n) is 9.45. The molecule has 1 fully saturated rings. The summed E-state index contributed by atoms with van der Waals surface area (Å²) in [5.41, 5.74) is 0.811. The summed E-state index contributed by atoms with van der Waals surface area (Å²) in [5.74, 6) is -0.383. The van der Waals surface area contributed by atoms with Crippen LogP contribution in [-0.2, 0) is 4.79 Å². The summed E-state index contributed by atoms with van der Waals surface area (Å²) in [6, 6.07) is 6.24. The Kier molecular flexibility index (Phi) is 3.88. The highest BCUT2D eigenvalue weighted by Crippen LogP contribution is 2.04. The maximum atomic E-state index is 12.6. The first-order valence-electron chi connectivity index (χ1n) is 5.69. The number of hydrogen-bond acceptors (Lipinski definition) is 2. The van der Waals surface area contributed by atoms with Crippen LogP contribution in [0, 0.1) is 5.82 Å². The van der Waals surface area contributed by atoms with E-state index in [0.29, 0.717) is 0 Å². The number of amides is 1. The summed E-state index contributed by atoms with van der Waals surface area (Å²) < 4.78 is 12.6. The first-order chi connectivity index (χ1) is 8.24. The minimum atomic E-state index is -0.274. The van der Waals surface area contributed by atoms with Crippen molar-refractivity contribution in [3.8, 4) is 0 Å². The van der Waals surface area contributed by atoms with Crippen LogP contribution in [0.2, 0.25) is 0 Å². The van der Waals surface area contributed by atoms with Crippen molar-refractivity contribution < 1.29 is 9.18 Å². The van der Waals surface area contributed by atoms with Crippen LogP contribution < -0.4 is 10.6 Å². The molecule has 3 nitrogen and oxygen atoms in total. The molecule has 1 aliphatic rings. The van der Waals surface area contributed by atoms with Crippen molar-refractivity contribution in [1.82, 2.24) is 10.6 Å². The van der Waals surface area contributed by atoms with Gasteiger partial charge < -0.3 is 10.6 Å². The summed E-state index contributed by atoms with van der Waals surface area (Å²) in [4.78, 5) is 11.5. The molecule has 0 aromatic heterocycles. The molecule has 4 heteroatoms. The van der Waals surface area contributed by atoms with Crippen LogP contribution in [0.3, 0.4) is 0 Å². The maximum absolute atomic E-state index is 12.6. The molecule has 0 saturated carbocycles. The SMILES string of the molecule is O=C(C=Cc1ccc(F)cc1)NC1CCNC1. The van der Waals surface area contributed by atoms with Crippen LogP contribution in [0.4, 0.5) is 4.39 Å². The maximum Gasteiger partial charge on any atom is 0.244 e. The molecule has 1 heterocycles. The van der Waals surface area contributed by atoms with Crippen LogP contribution in [-0.4, -0.2) is 25.0 Å². The van der Waals surface area contributed by atoms with E-state index in [0.717, 1.165) is 25.1 Å². The first kappa shape index (κ1) is 11.8. The molecule has 0 bridgehead atoms. The number of halogens is 1. The highest BCUT2D eigenvalue weighted by molar-refractivity contribution is 5.91. The fraction of sp³-hybridized carbons (Fsp3) is 0.308. The van der Waals surface area contributed by atoms with Gasteiger partial charge in [-0.2, -0.15) is 0 Å². The Hall–Kier alpha value is -1.68. The van der Waals surface area contributed by atoms with Crippen molar-refractivity contribution in [2.45, 2.75) is 12.5 Å². The van der Waals surface area contributed by atoms with E-state index >= 15 is 0 Å². The quantitative estimate of drug-likeness (QED) is 0.774. The van der Waals surface area contributed by atoms with E-state index in [4.69, 9.17) is 0 Å². The van der Waals surface area contributed by atoms with Crippen molar-refractivity contribution in [1.29, 1.82) is 0 Å². The third kappa shape index (κ3) is 3.67. The fourth-order valence-corrected chi connectivity index (χ4v) is 1.77. The second-order valence-corrected chi connectivity index (χ2v) is 4.08. The molecular formula is C13H15FN2O. The Morgan fingerprint density at radius 3 is 2.82 bits per heavy atom. The highest BCUT2D eigenvalue weighted by atomic mass is 19.1. The molecule has 2 rings (SSSR count). The molecule has 1 unspecified atom stereocenters. The third-order valence-corrected chi connectivity index (χ3v) is 2.70. The van der Waals surface area contributed by atoms with Gasteiger partial charge in [0.05, 0.1) is 0 Å². The highest BCUT2D eigenvalue weighted by Gasteiger charge is 2.14. The molecule has 17 heavy (non-hydrogen) atoms. The summed E-state index contributed by atoms with van der Waals surface area (Å²) in [6.07, 6.45) is 4.12. The molecule has 1 aromatic rings. The van der Waals surface area contributed by atoms with E-state index in [-0.39, 0.29) is 17.8 Å². The number of rotatable bonds is 3. The molecular weight excluding hydrogens is 219 g/mol. The van der Waals surface area contributed by atoms with Gasteiger partial charge >= 0.3 is 0 Å². The predicted octanol–water partition coefficient (Wildman–Crippen LogP) is 1.32.